The zero-order valence-corrected chi connectivity index (χ0v) is 15.6. The van der Waals surface area contributed by atoms with Crippen molar-refractivity contribution in [2.24, 2.45) is 0 Å². The van der Waals surface area contributed by atoms with E-state index in [4.69, 9.17) is 28.3 Å². The number of aliphatic carboxylic acids is 1. The Balaban J connectivity index is 1.79. The number of benzene rings is 2. The van der Waals surface area contributed by atoms with Crippen LogP contribution in [-0.2, 0) is 11.2 Å². The van der Waals surface area contributed by atoms with Gasteiger partial charge in [0.2, 0.25) is 0 Å². The lowest BCUT2D eigenvalue weighted by atomic mass is 10.0. The summed E-state index contributed by atoms with van der Waals surface area (Å²) in [5, 5.41) is 10.9. The average Bonchev–Trinajstić information content (AvgIpc) is 3.07. The number of carbonyl (C=O) groups is 1. The van der Waals surface area contributed by atoms with Crippen molar-refractivity contribution >= 4 is 40.2 Å². The molecule has 27 heavy (non-hydrogen) atoms. The number of nitrogens with one attached hydrogen (secondary N) is 1. The molecule has 134 valence electrons. The number of H-pyrrole nitrogens is 1. The van der Waals surface area contributed by atoms with E-state index in [9.17, 15) is 4.79 Å². The molecule has 2 N–H and O–H groups in total. The van der Waals surface area contributed by atoms with Crippen LogP contribution >= 0.6 is 23.2 Å². The molecule has 0 saturated carbocycles. The molecular weight excluding hydrogens is 383 g/mol. The number of carboxylic acid groups (broad SMARTS) is 1. The molecule has 0 saturated heterocycles. The Hall–Kier alpha value is -2.82. The Morgan fingerprint density at radius 3 is 2.56 bits per heavy atom. The van der Waals surface area contributed by atoms with Gasteiger partial charge in [0.05, 0.1) is 16.5 Å². The summed E-state index contributed by atoms with van der Waals surface area (Å²) in [7, 11) is 0. The van der Waals surface area contributed by atoms with Gasteiger partial charge in [-0.2, -0.15) is 0 Å². The lowest BCUT2D eigenvalue weighted by Gasteiger charge is -2.07. The normalized spacial score (nSPS) is 11.0. The predicted molar refractivity (Wildman–Crippen MR) is 108 cm³/mol. The highest BCUT2D eigenvalue weighted by molar-refractivity contribution is 6.43. The molecule has 4 nitrogen and oxygen atoms in total. The number of aromatic nitrogens is 2. The number of nitrogens with zero attached hydrogens (tertiary/aromatic N) is 1. The summed E-state index contributed by atoms with van der Waals surface area (Å²) in [5.74, 6) is -0.845. The Kier molecular flexibility index (Phi) is 4.60. The highest BCUT2D eigenvalue weighted by atomic mass is 35.5. The van der Waals surface area contributed by atoms with E-state index < -0.39 is 5.97 Å². The fraction of sp³-hybridized carbons (Fsp3) is 0.0476. The van der Waals surface area contributed by atoms with Crippen LogP contribution in [0.5, 0.6) is 0 Å². The highest BCUT2D eigenvalue weighted by Gasteiger charge is 2.12. The maximum absolute atomic E-state index is 10.8. The van der Waals surface area contributed by atoms with Gasteiger partial charge in [-0.3, -0.25) is 4.79 Å². The second kappa shape index (κ2) is 7.06. The molecule has 0 amide bonds. The number of pyridine rings is 1. The van der Waals surface area contributed by atoms with Gasteiger partial charge >= 0.3 is 5.97 Å². The molecule has 2 aromatic heterocycles. The number of hydrogen-bond donors (Lipinski definition) is 2. The molecule has 0 aliphatic heterocycles. The van der Waals surface area contributed by atoms with Gasteiger partial charge in [-0.15, -0.1) is 0 Å². The van der Waals surface area contributed by atoms with Gasteiger partial charge in [0.1, 0.15) is 5.65 Å². The fourth-order valence-electron chi connectivity index (χ4n) is 3.09. The lowest BCUT2D eigenvalue weighted by Crippen LogP contribution is -1.99. The van der Waals surface area contributed by atoms with E-state index in [1.165, 1.54) is 0 Å². The Morgan fingerprint density at radius 2 is 1.81 bits per heavy atom. The maximum atomic E-state index is 10.8. The monoisotopic (exact) mass is 396 g/mol. The van der Waals surface area contributed by atoms with Crippen molar-refractivity contribution in [2.75, 3.05) is 0 Å². The zero-order chi connectivity index (χ0) is 19.0. The average molecular weight is 397 g/mol. The summed E-state index contributed by atoms with van der Waals surface area (Å²) in [6, 6.07) is 15.0. The van der Waals surface area contributed by atoms with Crippen LogP contribution in [0.3, 0.4) is 0 Å². The quantitative estimate of drug-likeness (QED) is 0.455. The van der Waals surface area contributed by atoms with Crippen molar-refractivity contribution in [1.29, 1.82) is 0 Å². The molecule has 6 heteroatoms. The second-order valence-corrected chi connectivity index (χ2v) is 6.98. The molecule has 0 aliphatic carbocycles. The summed E-state index contributed by atoms with van der Waals surface area (Å²) >= 11 is 12.5. The molecule has 0 spiro atoms. The van der Waals surface area contributed by atoms with E-state index in [-0.39, 0.29) is 6.42 Å². The third-order valence-electron chi connectivity index (χ3n) is 4.41. The third kappa shape index (κ3) is 3.42. The van der Waals surface area contributed by atoms with E-state index in [0.29, 0.717) is 10.0 Å². The minimum atomic E-state index is -0.845. The third-order valence-corrected chi connectivity index (χ3v) is 5.23. The molecule has 0 radical (unpaired) electrons. The summed E-state index contributed by atoms with van der Waals surface area (Å²) in [4.78, 5) is 18.5. The van der Waals surface area contributed by atoms with Crippen LogP contribution in [0.2, 0.25) is 10.0 Å². The molecule has 0 bridgehead atoms. The van der Waals surface area contributed by atoms with E-state index >= 15 is 0 Å². The summed E-state index contributed by atoms with van der Waals surface area (Å²) < 4.78 is 0. The van der Waals surface area contributed by atoms with E-state index in [1.807, 2.05) is 48.7 Å². The standard InChI is InChI=1S/C21H14Cl2N2O2/c22-18-3-1-2-15(20(18)23)14-9-16-17(11-25-21(16)24-10-14)13-6-4-12(5-7-13)8-19(26)27/h1-7,9-11H,8H2,(H,24,25)(H,26,27). The van der Waals surface area contributed by atoms with Crippen molar-refractivity contribution in [3.63, 3.8) is 0 Å². The van der Waals surface area contributed by atoms with Gasteiger partial charge < -0.3 is 10.1 Å². The minimum absolute atomic E-state index is 0.00708. The maximum Gasteiger partial charge on any atom is 0.307 e. The van der Waals surface area contributed by atoms with Crippen molar-refractivity contribution in [3.8, 4) is 22.3 Å². The first kappa shape index (κ1) is 17.6. The molecule has 0 fully saturated rings. The van der Waals surface area contributed by atoms with E-state index in [1.54, 1.807) is 12.3 Å². The number of carboxylic acids is 1. The van der Waals surface area contributed by atoms with Gasteiger partial charge in [-0.25, -0.2) is 4.98 Å². The van der Waals surface area contributed by atoms with Crippen LogP contribution in [0.15, 0.2) is 60.9 Å². The van der Waals surface area contributed by atoms with E-state index in [2.05, 4.69) is 9.97 Å². The smallest absolute Gasteiger partial charge is 0.307 e. The molecular formula is C21H14Cl2N2O2. The first-order valence-corrected chi connectivity index (χ1v) is 9.01. The van der Waals surface area contributed by atoms with Crippen LogP contribution < -0.4 is 0 Å². The number of aromatic amines is 1. The summed E-state index contributed by atoms with van der Waals surface area (Å²) in [5.41, 5.74) is 5.18. The molecule has 4 aromatic rings. The largest absolute Gasteiger partial charge is 0.481 e. The molecule has 2 heterocycles. The topological polar surface area (TPSA) is 66.0 Å². The van der Waals surface area contributed by atoms with Crippen LogP contribution in [0.1, 0.15) is 5.56 Å². The summed E-state index contributed by atoms with van der Waals surface area (Å²) in [6.07, 6.45) is 3.66. The predicted octanol–water partition coefficient (Wildman–Crippen LogP) is 5.83. The van der Waals surface area contributed by atoms with Crippen molar-refractivity contribution in [2.45, 2.75) is 6.42 Å². The Bertz CT molecular complexity index is 1150. The molecule has 0 atom stereocenters. The van der Waals surface area contributed by atoms with Crippen molar-refractivity contribution < 1.29 is 9.90 Å². The van der Waals surface area contributed by atoms with Crippen molar-refractivity contribution in [1.82, 2.24) is 9.97 Å². The second-order valence-electron chi connectivity index (χ2n) is 6.19. The number of halogens is 2. The molecule has 2 aromatic carbocycles. The van der Waals surface area contributed by atoms with Crippen LogP contribution in [0.4, 0.5) is 0 Å². The number of fused-ring (bicyclic) bond motifs is 1. The Labute approximate surface area is 165 Å². The Morgan fingerprint density at radius 1 is 1.04 bits per heavy atom. The van der Waals surface area contributed by atoms with Crippen LogP contribution in [-0.4, -0.2) is 21.0 Å². The van der Waals surface area contributed by atoms with Crippen LogP contribution in [0, 0.1) is 0 Å². The molecule has 4 rings (SSSR count). The van der Waals surface area contributed by atoms with Gasteiger partial charge in [-0.05, 0) is 23.3 Å². The number of hydrogen-bond acceptors (Lipinski definition) is 2. The van der Waals surface area contributed by atoms with E-state index in [0.717, 1.165) is 38.9 Å². The minimum Gasteiger partial charge on any atom is -0.481 e. The SMILES string of the molecule is O=C(O)Cc1ccc(-c2c[nH]c3ncc(-c4cccc(Cl)c4Cl)cc23)cc1. The van der Waals surface area contributed by atoms with Crippen LogP contribution in [0.25, 0.3) is 33.3 Å². The first-order valence-electron chi connectivity index (χ1n) is 8.25. The summed E-state index contributed by atoms with van der Waals surface area (Å²) in [6.45, 7) is 0. The van der Waals surface area contributed by atoms with Gasteiger partial charge in [-0.1, -0.05) is 59.6 Å². The molecule has 0 unspecified atom stereocenters. The zero-order valence-electron chi connectivity index (χ0n) is 14.0. The van der Waals surface area contributed by atoms with Gasteiger partial charge in [0.25, 0.3) is 0 Å². The van der Waals surface area contributed by atoms with Crippen molar-refractivity contribution in [3.05, 3.63) is 76.5 Å². The highest BCUT2D eigenvalue weighted by Crippen LogP contribution is 2.36. The lowest BCUT2D eigenvalue weighted by molar-refractivity contribution is -0.136. The van der Waals surface area contributed by atoms with Gasteiger partial charge in [0.15, 0.2) is 0 Å². The first-order chi connectivity index (χ1) is 13.0. The molecule has 0 aliphatic rings. The van der Waals surface area contributed by atoms with Gasteiger partial charge in [0, 0.05) is 34.5 Å². The number of rotatable bonds is 4. The fourth-order valence-corrected chi connectivity index (χ4v) is 3.50.